The lowest BCUT2D eigenvalue weighted by molar-refractivity contribution is 0.834. The maximum atomic E-state index is 4.94. The normalized spacial score (nSPS) is 11.7. The van der Waals surface area contributed by atoms with Crippen molar-refractivity contribution in [1.82, 2.24) is 14.5 Å². The van der Waals surface area contributed by atoms with Gasteiger partial charge in [0.1, 0.15) is 0 Å². The van der Waals surface area contributed by atoms with Gasteiger partial charge in [-0.2, -0.15) is 0 Å². The molecule has 3 heterocycles. The third-order valence-corrected chi connectivity index (χ3v) is 5.12. The molecule has 0 aliphatic rings. The molecule has 0 saturated carbocycles. The molecule has 3 aromatic heterocycles. The number of aromatic nitrogens is 3. The number of aryl methyl sites for hydroxylation is 1. The van der Waals surface area contributed by atoms with Gasteiger partial charge in [-0.1, -0.05) is 44.2 Å². The van der Waals surface area contributed by atoms with Crippen molar-refractivity contribution in [1.29, 1.82) is 0 Å². The molecule has 0 aliphatic heterocycles. The molecule has 1 N–H and O–H groups in total. The molecule has 0 spiro atoms. The summed E-state index contributed by atoms with van der Waals surface area (Å²) in [5, 5.41) is 2.13. The molecule has 23 heavy (non-hydrogen) atoms. The number of rotatable bonds is 3. The molecular weight excluding hydrogens is 302 g/mol. The second-order valence-electron chi connectivity index (χ2n) is 6.13. The molecule has 1 aromatic carbocycles. The molecule has 0 aliphatic carbocycles. The van der Waals surface area contributed by atoms with E-state index in [1.807, 2.05) is 6.07 Å². The Kier molecular flexibility index (Phi) is 3.34. The Morgan fingerprint density at radius 3 is 2.61 bits per heavy atom. The Morgan fingerprint density at radius 2 is 1.91 bits per heavy atom. The monoisotopic (exact) mass is 321 g/mol. The van der Waals surface area contributed by atoms with Crippen molar-refractivity contribution in [3.05, 3.63) is 53.5 Å². The number of nitrogens with one attached hydrogen (secondary N) is 1. The maximum absolute atomic E-state index is 4.94. The highest BCUT2D eigenvalue weighted by atomic mass is 32.1. The van der Waals surface area contributed by atoms with Crippen molar-refractivity contribution < 1.29 is 0 Å². The number of hydrogen-bond acceptors (Lipinski definition) is 2. The Balaban J connectivity index is 1.90. The Labute approximate surface area is 139 Å². The Bertz CT molecular complexity index is 957. The van der Waals surface area contributed by atoms with Gasteiger partial charge in [-0.25, -0.2) is 4.98 Å². The predicted molar refractivity (Wildman–Crippen MR) is 97.9 cm³/mol. The molecule has 0 unspecified atom stereocenters. The van der Waals surface area contributed by atoms with Crippen LogP contribution >= 0.6 is 11.3 Å². The summed E-state index contributed by atoms with van der Waals surface area (Å²) in [6.07, 6.45) is 0. The molecule has 0 atom stereocenters. The van der Waals surface area contributed by atoms with Crippen LogP contribution in [-0.2, 0) is 7.05 Å². The number of hydrogen-bond donors (Lipinski definition) is 1. The van der Waals surface area contributed by atoms with E-state index < -0.39 is 0 Å². The van der Waals surface area contributed by atoms with Crippen LogP contribution in [0.15, 0.2) is 47.8 Å². The number of nitrogens with zero attached hydrogens (tertiary/aromatic N) is 2. The molecule has 3 nitrogen and oxygen atoms in total. The van der Waals surface area contributed by atoms with Gasteiger partial charge in [0.05, 0.1) is 21.6 Å². The van der Waals surface area contributed by atoms with Crippen molar-refractivity contribution in [2.45, 2.75) is 19.8 Å². The SMILES string of the molecule is CC(C)c1[nH]c(-c2cc3sccc3n2C)nc1-c1ccccc1. The number of H-pyrrole nitrogens is 1. The van der Waals surface area contributed by atoms with E-state index in [4.69, 9.17) is 4.98 Å². The first kappa shape index (κ1) is 14.3. The van der Waals surface area contributed by atoms with E-state index in [1.54, 1.807) is 11.3 Å². The van der Waals surface area contributed by atoms with E-state index in [2.05, 4.69) is 72.2 Å². The Morgan fingerprint density at radius 1 is 1.13 bits per heavy atom. The number of thiophene rings is 1. The van der Waals surface area contributed by atoms with E-state index in [0.717, 1.165) is 22.8 Å². The zero-order chi connectivity index (χ0) is 16.0. The van der Waals surface area contributed by atoms with Crippen molar-refractivity contribution in [2.75, 3.05) is 0 Å². The first-order valence-corrected chi connectivity index (χ1v) is 8.71. The highest BCUT2D eigenvalue weighted by Gasteiger charge is 2.18. The zero-order valence-corrected chi connectivity index (χ0v) is 14.3. The number of aromatic amines is 1. The van der Waals surface area contributed by atoms with Gasteiger partial charge in [0, 0.05) is 18.3 Å². The fraction of sp³-hybridized carbons (Fsp3) is 0.211. The lowest BCUT2D eigenvalue weighted by Crippen LogP contribution is -1.93. The summed E-state index contributed by atoms with van der Waals surface area (Å²) < 4.78 is 3.51. The Hall–Kier alpha value is -2.33. The third-order valence-electron chi connectivity index (χ3n) is 4.26. The molecule has 0 radical (unpaired) electrons. The molecule has 4 aromatic rings. The van der Waals surface area contributed by atoms with Crippen molar-refractivity contribution in [3.8, 4) is 22.8 Å². The van der Waals surface area contributed by atoms with Gasteiger partial charge in [0.2, 0.25) is 0 Å². The lowest BCUT2D eigenvalue weighted by Gasteiger charge is -2.05. The van der Waals surface area contributed by atoms with E-state index in [9.17, 15) is 0 Å². The summed E-state index contributed by atoms with van der Waals surface area (Å²) in [6.45, 7) is 4.40. The molecule has 4 heteroatoms. The van der Waals surface area contributed by atoms with Crippen LogP contribution in [0.25, 0.3) is 33.0 Å². The summed E-state index contributed by atoms with van der Waals surface area (Å²) in [7, 11) is 2.10. The van der Waals surface area contributed by atoms with Crippen LogP contribution in [0.4, 0.5) is 0 Å². The van der Waals surface area contributed by atoms with Crippen LogP contribution in [0.3, 0.4) is 0 Å². The number of imidazole rings is 1. The summed E-state index contributed by atoms with van der Waals surface area (Å²) >= 11 is 1.77. The second-order valence-corrected chi connectivity index (χ2v) is 7.07. The highest BCUT2D eigenvalue weighted by Crippen LogP contribution is 2.33. The third kappa shape index (κ3) is 2.30. The minimum absolute atomic E-state index is 0.396. The van der Waals surface area contributed by atoms with E-state index in [0.29, 0.717) is 5.92 Å². The van der Waals surface area contributed by atoms with E-state index in [1.165, 1.54) is 15.9 Å². The van der Waals surface area contributed by atoms with Crippen LogP contribution in [0, 0.1) is 0 Å². The van der Waals surface area contributed by atoms with Crippen LogP contribution < -0.4 is 0 Å². The fourth-order valence-corrected chi connectivity index (χ4v) is 3.87. The minimum atomic E-state index is 0.396. The molecule has 116 valence electrons. The predicted octanol–water partition coefficient (Wildman–Crippen LogP) is 5.42. The average Bonchev–Trinajstić information content (AvgIpc) is 3.24. The van der Waals surface area contributed by atoms with Gasteiger partial charge in [-0.15, -0.1) is 11.3 Å². The summed E-state index contributed by atoms with van der Waals surface area (Å²) in [5.41, 5.74) is 5.80. The van der Waals surface area contributed by atoms with Crippen molar-refractivity contribution in [2.24, 2.45) is 7.05 Å². The zero-order valence-electron chi connectivity index (χ0n) is 13.5. The number of fused-ring (bicyclic) bond motifs is 1. The first-order chi connectivity index (χ1) is 11.1. The quantitative estimate of drug-likeness (QED) is 0.537. The smallest absolute Gasteiger partial charge is 0.155 e. The summed E-state index contributed by atoms with van der Waals surface area (Å²) in [5.74, 6) is 1.34. The van der Waals surface area contributed by atoms with Gasteiger partial charge >= 0.3 is 0 Å². The standard InChI is InChI=1S/C19H19N3S/c1-12(2)17-18(13-7-5-4-6-8-13)21-19(20-17)15-11-16-14(22(15)3)9-10-23-16/h4-12H,1-3H3,(H,20,21). The molecule has 0 fully saturated rings. The average molecular weight is 321 g/mol. The van der Waals surface area contributed by atoms with Gasteiger partial charge in [-0.05, 0) is 23.4 Å². The van der Waals surface area contributed by atoms with E-state index >= 15 is 0 Å². The summed E-state index contributed by atoms with van der Waals surface area (Å²) in [6, 6.07) is 14.8. The molecular formula is C19H19N3S. The van der Waals surface area contributed by atoms with Crippen LogP contribution in [0.1, 0.15) is 25.5 Å². The van der Waals surface area contributed by atoms with Crippen LogP contribution in [0.2, 0.25) is 0 Å². The van der Waals surface area contributed by atoms with E-state index in [-0.39, 0.29) is 0 Å². The van der Waals surface area contributed by atoms with Crippen LogP contribution in [0.5, 0.6) is 0 Å². The lowest BCUT2D eigenvalue weighted by atomic mass is 10.0. The summed E-state index contributed by atoms with van der Waals surface area (Å²) in [4.78, 5) is 8.50. The molecule has 0 bridgehead atoms. The fourth-order valence-electron chi connectivity index (χ4n) is 3.02. The van der Waals surface area contributed by atoms with Gasteiger partial charge < -0.3 is 9.55 Å². The van der Waals surface area contributed by atoms with Crippen molar-refractivity contribution in [3.63, 3.8) is 0 Å². The highest BCUT2D eigenvalue weighted by molar-refractivity contribution is 7.17. The largest absolute Gasteiger partial charge is 0.340 e. The number of benzene rings is 1. The molecule has 0 saturated heterocycles. The van der Waals surface area contributed by atoms with Gasteiger partial charge in [-0.3, -0.25) is 0 Å². The second kappa shape index (κ2) is 5.39. The first-order valence-electron chi connectivity index (χ1n) is 7.83. The van der Waals surface area contributed by atoms with Gasteiger partial charge in [0.15, 0.2) is 5.82 Å². The minimum Gasteiger partial charge on any atom is -0.340 e. The molecule has 4 rings (SSSR count). The van der Waals surface area contributed by atoms with Gasteiger partial charge in [0.25, 0.3) is 0 Å². The molecule has 0 amide bonds. The van der Waals surface area contributed by atoms with Crippen molar-refractivity contribution >= 4 is 21.6 Å². The topological polar surface area (TPSA) is 33.6 Å². The maximum Gasteiger partial charge on any atom is 0.155 e. The van der Waals surface area contributed by atoms with Crippen LogP contribution in [-0.4, -0.2) is 14.5 Å².